The van der Waals surface area contributed by atoms with Gasteiger partial charge in [-0.3, -0.25) is 0 Å². The van der Waals surface area contributed by atoms with Crippen molar-refractivity contribution in [1.82, 2.24) is 10.5 Å². The summed E-state index contributed by atoms with van der Waals surface area (Å²) in [5.74, 6) is 2.56. The number of aromatic nitrogens is 1. The first-order chi connectivity index (χ1) is 10.7. The molecule has 0 radical (unpaired) electrons. The number of aryl methyl sites for hydroxylation is 1. The molecule has 1 heterocycles. The Bertz CT molecular complexity index is 609. The van der Waals surface area contributed by atoms with Gasteiger partial charge in [-0.25, -0.2) is 0 Å². The lowest BCUT2D eigenvalue weighted by Crippen LogP contribution is -2.32. The van der Waals surface area contributed by atoms with Crippen LogP contribution in [0.3, 0.4) is 0 Å². The zero-order valence-corrected chi connectivity index (χ0v) is 13.3. The van der Waals surface area contributed by atoms with E-state index in [1.54, 1.807) is 7.11 Å². The van der Waals surface area contributed by atoms with E-state index in [0.717, 1.165) is 30.2 Å². The zero-order valence-electron chi connectivity index (χ0n) is 13.3. The summed E-state index contributed by atoms with van der Waals surface area (Å²) >= 11 is 0. The molecule has 2 aromatic rings. The van der Waals surface area contributed by atoms with Crippen LogP contribution in [0, 0.1) is 12.8 Å². The van der Waals surface area contributed by atoms with Crippen LogP contribution in [0.1, 0.15) is 36.3 Å². The van der Waals surface area contributed by atoms with E-state index < -0.39 is 0 Å². The Labute approximate surface area is 131 Å². The highest BCUT2D eigenvalue weighted by molar-refractivity contribution is 5.28. The molecule has 4 nitrogen and oxygen atoms in total. The average Bonchev–Trinajstić information content (AvgIpc) is 3.15. The van der Waals surface area contributed by atoms with E-state index in [1.807, 2.05) is 19.1 Å². The third kappa shape index (κ3) is 3.69. The number of rotatable bonds is 6. The molecule has 0 unspecified atom stereocenters. The van der Waals surface area contributed by atoms with Crippen LogP contribution >= 0.6 is 0 Å². The van der Waals surface area contributed by atoms with Crippen LogP contribution in [-0.2, 0) is 13.0 Å². The third-order valence-corrected chi connectivity index (χ3v) is 4.50. The van der Waals surface area contributed by atoms with E-state index >= 15 is 0 Å². The molecular formula is C18H24N2O2. The van der Waals surface area contributed by atoms with E-state index in [0.29, 0.717) is 12.0 Å². The van der Waals surface area contributed by atoms with Crippen molar-refractivity contribution < 1.29 is 9.26 Å². The third-order valence-electron chi connectivity index (χ3n) is 4.50. The monoisotopic (exact) mass is 300 g/mol. The van der Waals surface area contributed by atoms with Gasteiger partial charge in [0.2, 0.25) is 0 Å². The summed E-state index contributed by atoms with van der Waals surface area (Å²) < 4.78 is 10.7. The Morgan fingerprint density at radius 2 is 2.23 bits per heavy atom. The van der Waals surface area contributed by atoms with Crippen molar-refractivity contribution in [3.8, 4) is 5.75 Å². The molecule has 118 valence electrons. The van der Waals surface area contributed by atoms with Gasteiger partial charge in [0.05, 0.1) is 12.8 Å². The lowest BCUT2D eigenvalue weighted by molar-refractivity contribution is 0.329. The first-order valence-corrected chi connectivity index (χ1v) is 8.03. The van der Waals surface area contributed by atoms with Crippen molar-refractivity contribution in [2.45, 2.75) is 45.2 Å². The molecule has 2 atom stereocenters. The molecule has 22 heavy (non-hydrogen) atoms. The van der Waals surface area contributed by atoms with Gasteiger partial charge in [0.15, 0.2) is 0 Å². The summed E-state index contributed by atoms with van der Waals surface area (Å²) in [5.41, 5.74) is 2.23. The second-order valence-electron chi connectivity index (χ2n) is 6.17. The summed E-state index contributed by atoms with van der Waals surface area (Å²) in [7, 11) is 1.71. The SMILES string of the molecule is COc1cccc(CN[C@@H]2CCC[C@H]2Cc2cc(C)no2)c1. The topological polar surface area (TPSA) is 47.3 Å². The summed E-state index contributed by atoms with van der Waals surface area (Å²) in [6.45, 7) is 2.86. The second kappa shape index (κ2) is 6.97. The maximum absolute atomic E-state index is 5.37. The van der Waals surface area contributed by atoms with Crippen molar-refractivity contribution in [2.75, 3.05) is 7.11 Å². The van der Waals surface area contributed by atoms with Gasteiger partial charge < -0.3 is 14.6 Å². The molecule has 4 heteroatoms. The number of nitrogens with zero attached hydrogens (tertiary/aromatic N) is 1. The highest BCUT2D eigenvalue weighted by Crippen LogP contribution is 2.29. The molecule has 1 aromatic carbocycles. The molecule has 1 N–H and O–H groups in total. The van der Waals surface area contributed by atoms with Gasteiger partial charge >= 0.3 is 0 Å². The van der Waals surface area contributed by atoms with Crippen molar-refractivity contribution >= 4 is 0 Å². The fraction of sp³-hybridized carbons (Fsp3) is 0.500. The van der Waals surface area contributed by atoms with Gasteiger partial charge in [0.25, 0.3) is 0 Å². The molecule has 1 saturated carbocycles. The Hall–Kier alpha value is -1.81. The van der Waals surface area contributed by atoms with Crippen LogP contribution < -0.4 is 10.1 Å². The van der Waals surface area contributed by atoms with Gasteiger partial charge in [0.1, 0.15) is 11.5 Å². The summed E-state index contributed by atoms with van der Waals surface area (Å²) in [5, 5.41) is 7.70. The maximum atomic E-state index is 5.37. The first kappa shape index (κ1) is 15.1. The maximum Gasteiger partial charge on any atom is 0.137 e. The fourth-order valence-corrected chi connectivity index (χ4v) is 3.35. The summed E-state index contributed by atoms with van der Waals surface area (Å²) in [6, 6.07) is 10.9. The van der Waals surface area contributed by atoms with Crippen molar-refractivity contribution in [3.63, 3.8) is 0 Å². The molecule has 0 saturated heterocycles. The minimum Gasteiger partial charge on any atom is -0.497 e. The molecule has 3 rings (SSSR count). The van der Waals surface area contributed by atoms with Crippen molar-refractivity contribution in [1.29, 1.82) is 0 Å². The number of methoxy groups -OCH3 is 1. The lowest BCUT2D eigenvalue weighted by atomic mass is 9.97. The van der Waals surface area contributed by atoms with Gasteiger partial charge in [-0.15, -0.1) is 0 Å². The van der Waals surface area contributed by atoms with E-state index in [9.17, 15) is 0 Å². The Kier molecular flexibility index (Phi) is 4.78. The minimum atomic E-state index is 0.552. The zero-order chi connectivity index (χ0) is 15.4. The van der Waals surface area contributed by atoms with Gasteiger partial charge in [0, 0.05) is 25.1 Å². The fourth-order valence-electron chi connectivity index (χ4n) is 3.35. The van der Waals surface area contributed by atoms with Crippen LogP contribution in [0.15, 0.2) is 34.9 Å². The highest BCUT2D eigenvalue weighted by Gasteiger charge is 2.28. The van der Waals surface area contributed by atoms with E-state index in [-0.39, 0.29) is 0 Å². The molecule has 0 aliphatic heterocycles. The largest absolute Gasteiger partial charge is 0.497 e. The molecule has 0 spiro atoms. The molecule has 0 bridgehead atoms. The molecule has 1 fully saturated rings. The lowest BCUT2D eigenvalue weighted by Gasteiger charge is -2.20. The summed E-state index contributed by atoms with van der Waals surface area (Å²) in [4.78, 5) is 0. The van der Waals surface area contributed by atoms with Crippen molar-refractivity contribution in [2.24, 2.45) is 5.92 Å². The first-order valence-electron chi connectivity index (χ1n) is 8.03. The number of ether oxygens (including phenoxy) is 1. The highest BCUT2D eigenvalue weighted by atomic mass is 16.5. The van der Waals surface area contributed by atoms with Gasteiger partial charge in [-0.2, -0.15) is 0 Å². The van der Waals surface area contributed by atoms with Gasteiger partial charge in [-0.1, -0.05) is 23.7 Å². The van der Waals surface area contributed by atoms with Crippen LogP contribution in [-0.4, -0.2) is 18.3 Å². The number of hydrogen-bond donors (Lipinski definition) is 1. The predicted molar refractivity (Wildman–Crippen MR) is 85.9 cm³/mol. The standard InChI is InChI=1S/C18H24N2O2/c1-13-9-17(22-20-13)11-15-6-4-8-18(15)19-12-14-5-3-7-16(10-14)21-2/h3,5,7,9-10,15,18-19H,4,6,8,11-12H2,1-2H3/t15-,18+/m0/s1. The summed E-state index contributed by atoms with van der Waals surface area (Å²) in [6.07, 6.45) is 4.77. The smallest absolute Gasteiger partial charge is 0.137 e. The number of hydrogen-bond acceptors (Lipinski definition) is 4. The van der Waals surface area contributed by atoms with E-state index in [4.69, 9.17) is 9.26 Å². The Balaban J connectivity index is 1.56. The normalized spacial score (nSPS) is 21.2. The Morgan fingerprint density at radius 1 is 1.32 bits per heavy atom. The number of benzene rings is 1. The van der Waals surface area contributed by atoms with Crippen LogP contribution in [0.25, 0.3) is 0 Å². The second-order valence-corrected chi connectivity index (χ2v) is 6.17. The van der Waals surface area contributed by atoms with Crippen LogP contribution in [0.2, 0.25) is 0 Å². The predicted octanol–water partition coefficient (Wildman–Crippen LogP) is 3.49. The molecule has 1 aliphatic rings. The molecule has 0 amide bonds. The van der Waals surface area contributed by atoms with E-state index in [2.05, 4.69) is 28.7 Å². The number of nitrogens with one attached hydrogen (secondary N) is 1. The van der Waals surface area contributed by atoms with Crippen molar-refractivity contribution in [3.05, 3.63) is 47.3 Å². The van der Waals surface area contributed by atoms with Crippen LogP contribution in [0.4, 0.5) is 0 Å². The average molecular weight is 300 g/mol. The van der Waals surface area contributed by atoms with Gasteiger partial charge in [-0.05, 0) is 43.4 Å². The molecule has 1 aromatic heterocycles. The minimum absolute atomic E-state index is 0.552. The van der Waals surface area contributed by atoms with Crippen LogP contribution in [0.5, 0.6) is 5.75 Å². The van der Waals surface area contributed by atoms with E-state index in [1.165, 1.54) is 24.8 Å². The molecular weight excluding hydrogens is 276 g/mol. The molecule has 1 aliphatic carbocycles. The quantitative estimate of drug-likeness (QED) is 0.887. The Morgan fingerprint density at radius 3 is 3.00 bits per heavy atom.